The van der Waals surface area contributed by atoms with Crippen molar-refractivity contribution in [3.8, 4) is 0 Å². The second kappa shape index (κ2) is 3.00. The minimum atomic E-state index is 0.194. The molecule has 0 spiro atoms. The molecule has 0 saturated carbocycles. The summed E-state index contributed by atoms with van der Waals surface area (Å²) in [7, 11) is 0. The van der Waals surface area contributed by atoms with Gasteiger partial charge in [0.05, 0.1) is 0 Å². The van der Waals surface area contributed by atoms with Gasteiger partial charge in [-0.05, 0) is 0 Å². The van der Waals surface area contributed by atoms with Crippen LogP contribution in [-0.2, 0) is 0 Å². The fraction of sp³-hybridized carbons (Fsp3) is 0. The number of nitrogens with one attached hydrogen (secondary N) is 1. The van der Waals surface area contributed by atoms with E-state index in [9.17, 15) is 0 Å². The topological polar surface area (TPSA) is 15.8 Å². The van der Waals surface area contributed by atoms with Gasteiger partial charge >= 0.3 is 62.5 Å². The van der Waals surface area contributed by atoms with Crippen molar-refractivity contribution in [2.45, 2.75) is 0 Å². The number of rotatable bonds is 1. The number of hydrogen-bond donors (Lipinski definition) is 1. The Balaban J connectivity index is 2.76. The van der Waals surface area contributed by atoms with Crippen molar-refractivity contribution in [2.24, 2.45) is 0 Å². The van der Waals surface area contributed by atoms with E-state index in [1.165, 1.54) is 3.74 Å². The summed E-state index contributed by atoms with van der Waals surface area (Å²) < 4.78 is 1.46. The molecule has 1 aromatic heterocycles. The molecule has 0 saturated heterocycles. The Hall–Kier alpha value is 0.859. The van der Waals surface area contributed by atoms with Gasteiger partial charge < -0.3 is 0 Å². The Bertz CT molecular complexity index is 124. The van der Waals surface area contributed by atoms with Crippen LogP contribution in [0.5, 0.6) is 0 Å². The predicted octanol–water partition coefficient (Wildman–Crippen LogP) is -0.840. The molecule has 0 unspecified atom stereocenters. The first kappa shape index (κ1) is 5.99. The molecule has 0 atom stereocenters. The van der Waals surface area contributed by atoms with Gasteiger partial charge in [-0.2, -0.15) is 0 Å². The predicted molar refractivity (Wildman–Crippen MR) is 33.3 cm³/mol. The molecule has 1 aromatic rings. The summed E-state index contributed by atoms with van der Waals surface area (Å²) in [6, 6.07) is 4.21. The van der Waals surface area contributed by atoms with Crippen molar-refractivity contribution in [1.29, 1.82) is 0 Å². The molecule has 1 nitrogen and oxygen atoms in total. The van der Waals surface area contributed by atoms with Crippen molar-refractivity contribution in [3.05, 3.63) is 18.3 Å². The van der Waals surface area contributed by atoms with Gasteiger partial charge in [0.15, 0.2) is 0 Å². The van der Waals surface area contributed by atoms with Crippen molar-refractivity contribution in [3.63, 3.8) is 0 Å². The molecule has 0 fully saturated rings. The molecule has 7 heavy (non-hydrogen) atoms. The van der Waals surface area contributed by atoms with Crippen molar-refractivity contribution in [2.75, 3.05) is 0 Å². The molecule has 0 aliphatic carbocycles. The molecule has 0 aromatic carbocycles. The van der Waals surface area contributed by atoms with E-state index in [1.807, 2.05) is 24.6 Å². The number of aromatic nitrogens is 1. The summed E-state index contributed by atoms with van der Waals surface area (Å²) in [6.45, 7) is 0. The van der Waals surface area contributed by atoms with E-state index >= 15 is 0 Å². The zero-order chi connectivity index (χ0) is 5.11. The van der Waals surface area contributed by atoms with E-state index in [0.29, 0.717) is 0 Å². The number of H-pyrrole nitrogens is 1. The van der Waals surface area contributed by atoms with Crippen LogP contribution < -0.4 is 3.74 Å². The minimum absolute atomic E-state index is 0.194. The Morgan fingerprint density at radius 3 is 2.86 bits per heavy atom. The zero-order valence-corrected chi connectivity index (χ0v) is 8.47. The normalized spacial score (nSPS) is 9.29. The van der Waals surface area contributed by atoms with Crippen LogP contribution in [-0.4, -0.2) is 40.5 Å². The first-order valence-electron chi connectivity index (χ1n) is 1.88. The van der Waals surface area contributed by atoms with Crippen molar-refractivity contribution >= 4 is 39.2 Å². The maximum absolute atomic E-state index is 3.16. The Morgan fingerprint density at radius 2 is 2.57 bits per heavy atom. The zero-order valence-electron chi connectivity index (χ0n) is 3.59. The van der Waals surface area contributed by atoms with Crippen LogP contribution in [0.25, 0.3) is 0 Å². The van der Waals surface area contributed by atoms with Gasteiger partial charge in [0.25, 0.3) is 0 Å². The summed E-state index contributed by atoms with van der Waals surface area (Å²) >= 11 is 2.14. The molecule has 38 valence electrons. The van der Waals surface area contributed by atoms with Crippen LogP contribution in [0.4, 0.5) is 0 Å². The third-order valence-corrected chi connectivity index (χ3v) is 5.72. The molecule has 1 heterocycles. The van der Waals surface area contributed by atoms with Gasteiger partial charge in [-0.15, -0.1) is 0 Å². The third kappa shape index (κ3) is 1.67. The summed E-state index contributed by atoms with van der Waals surface area (Å²) in [5.74, 6) is 0. The first-order chi connectivity index (χ1) is 3.43. The molecule has 1 rings (SSSR count). The SMILES string of the molecule is [TeH][Te]c1ccc[nH]1. The Morgan fingerprint density at radius 1 is 1.71 bits per heavy atom. The van der Waals surface area contributed by atoms with E-state index in [-0.39, 0.29) is 17.1 Å². The average molecular weight is 322 g/mol. The monoisotopic (exact) mass is 327 g/mol. The van der Waals surface area contributed by atoms with Gasteiger partial charge in [0.2, 0.25) is 0 Å². The standard InChI is InChI=1S/C4H5NTe2/c6-7-4-2-1-3-5-4/h1-3,5-6H. The summed E-state index contributed by atoms with van der Waals surface area (Å²) in [4.78, 5) is 3.16. The van der Waals surface area contributed by atoms with E-state index in [1.54, 1.807) is 0 Å². The number of aromatic amines is 1. The Labute approximate surface area is 62.0 Å². The van der Waals surface area contributed by atoms with Crippen LogP contribution in [0.2, 0.25) is 0 Å². The molecule has 0 amide bonds. The van der Waals surface area contributed by atoms with Crippen molar-refractivity contribution in [1.82, 2.24) is 4.98 Å². The summed E-state index contributed by atoms with van der Waals surface area (Å²) in [5, 5.41) is 0. The molecule has 0 bridgehead atoms. The van der Waals surface area contributed by atoms with Gasteiger partial charge in [-0.1, -0.05) is 0 Å². The van der Waals surface area contributed by atoms with E-state index in [2.05, 4.69) is 17.1 Å². The van der Waals surface area contributed by atoms with E-state index in [4.69, 9.17) is 0 Å². The third-order valence-electron chi connectivity index (χ3n) is 0.668. The molecule has 1 N–H and O–H groups in total. The van der Waals surface area contributed by atoms with Gasteiger partial charge in [-0.3, -0.25) is 0 Å². The van der Waals surface area contributed by atoms with Crippen LogP contribution in [0.3, 0.4) is 0 Å². The molecular weight excluding hydrogens is 317 g/mol. The molecular formula is C4H5NTe2. The fourth-order valence-corrected chi connectivity index (χ4v) is 3.29. The fourth-order valence-electron chi connectivity index (χ4n) is 0.371. The van der Waals surface area contributed by atoms with Gasteiger partial charge in [-0.25, -0.2) is 0 Å². The Kier molecular flexibility index (Phi) is 2.57. The second-order valence-electron chi connectivity index (χ2n) is 1.13. The van der Waals surface area contributed by atoms with Crippen molar-refractivity contribution < 1.29 is 0 Å². The van der Waals surface area contributed by atoms with Crippen LogP contribution >= 0.6 is 0 Å². The summed E-state index contributed by atoms with van der Waals surface area (Å²) in [5.41, 5.74) is 0. The molecule has 3 heteroatoms. The van der Waals surface area contributed by atoms with Crippen LogP contribution in [0.15, 0.2) is 18.3 Å². The number of hydrogen-bond acceptors (Lipinski definition) is 0. The first-order valence-corrected chi connectivity index (χ1v) is 11.1. The average Bonchev–Trinajstić information content (AvgIpc) is 2.14. The molecule has 0 aliphatic rings. The van der Waals surface area contributed by atoms with Crippen LogP contribution in [0.1, 0.15) is 0 Å². The van der Waals surface area contributed by atoms with E-state index in [0.717, 1.165) is 0 Å². The quantitative estimate of drug-likeness (QED) is 0.649. The molecule has 0 radical (unpaired) electrons. The van der Waals surface area contributed by atoms with Crippen LogP contribution in [0, 0.1) is 0 Å². The molecule has 0 aliphatic heterocycles. The maximum atomic E-state index is 3.16. The second-order valence-corrected chi connectivity index (χ2v) is 6.40. The van der Waals surface area contributed by atoms with Gasteiger partial charge in [0.1, 0.15) is 0 Å². The summed E-state index contributed by atoms with van der Waals surface area (Å²) in [6.07, 6.45) is 1.98. The van der Waals surface area contributed by atoms with E-state index < -0.39 is 0 Å². The van der Waals surface area contributed by atoms with Gasteiger partial charge in [0, 0.05) is 0 Å².